The minimum atomic E-state index is -2.85. The van der Waals surface area contributed by atoms with Crippen LogP contribution in [0.4, 0.5) is 8.78 Å². The topological polar surface area (TPSA) is 94.3 Å². The van der Waals surface area contributed by atoms with Gasteiger partial charge in [0.05, 0.1) is 7.11 Å². The van der Waals surface area contributed by atoms with E-state index in [0.717, 1.165) is 0 Å². The van der Waals surface area contributed by atoms with Crippen LogP contribution < -0.4 is 5.32 Å². The van der Waals surface area contributed by atoms with Gasteiger partial charge in [0.1, 0.15) is 6.04 Å². The van der Waals surface area contributed by atoms with Gasteiger partial charge in [0, 0.05) is 11.1 Å². The van der Waals surface area contributed by atoms with Gasteiger partial charge in [-0.1, -0.05) is 24.2 Å². The van der Waals surface area contributed by atoms with Crippen LogP contribution in [0.25, 0.3) is 11.4 Å². The Labute approximate surface area is 136 Å². The van der Waals surface area contributed by atoms with E-state index < -0.39 is 30.2 Å². The van der Waals surface area contributed by atoms with Gasteiger partial charge in [-0.3, -0.25) is 4.79 Å². The smallest absolute Gasteiger partial charge is 0.328 e. The molecule has 2 aromatic rings. The van der Waals surface area contributed by atoms with Crippen molar-refractivity contribution in [1.82, 2.24) is 15.5 Å². The second-order valence-electron chi connectivity index (χ2n) is 4.79. The standard InChI is InChI=1S/C15H15F2N3O4/c1-3-10(15(22)23-2)18-13(21)9-6-4-8(5-7-9)12-19-14(11(16)17)24-20-12/h4-7,10-11H,3H2,1-2H3,(H,18,21). The van der Waals surface area contributed by atoms with Crippen LogP contribution in [-0.4, -0.2) is 35.2 Å². The van der Waals surface area contributed by atoms with E-state index in [9.17, 15) is 18.4 Å². The molecule has 1 aromatic heterocycles. The average Bonchev–Trinajstić information content (AvgIpc) is 3.09. The quantitative estimate of drug-likeness (QED) is 0.812. The molecule has 128 valence electrons. The summed E-state index contributed by atoms with van der Waals surface area (Å²) < 4.78 is 33.9. The molecule has 24 heavy (non-hydrogen) atoms. The molecule has 1 amide bonds. The zero-order valence-corrected chi connectivity index (χ0v) is 13.0. The number of rotatable bonds is 6. The van der Waals surface area contributed by atoms with Crippen LogP contribution in [0.5, 0.6) is 0 Å². The Morgan fingerprint density at radius 3 is 2.46 bits per heavy atom. The third kappa shape index (κ3) is 3.92. The zero-order valence-electron chi connectivity index (χ0n) is 13.0. The third-order valence-corrected chi connectivity index (χ3v) is 3.23. The normalized spacial score (nSPS) is 12.0. The Morgan fingerprint density at radius 2 is 1.96 bits per heavy atom. The number of halogens is 2. The van der Waals surface area contributed by atoms with Crippen molar-refractivity contribution in [2.75, 3.05) is 7.11 Å². The molecule has 0 saturated heterocycles. The molecule has 7 nitrogen and oxygen atoms in total. The molecule has 0 spiro atoms. The highest BCUT2D eigenvalue weighted by Gasteiger charge is 2.21. The number of esters is 1. The van der Waals surface area contributed by atoms with Crippen molar-refractivity contribution in [3.63, 3.8) is 0 Å². The molecule has 1 N–H and O–H groups in total. The van der Waals surface area contributed by atoms with Crippen molar-refractivity contribution in [3.05, 3.63) is 35.7 Å². The monoisotopic (exact) mass is 339 g/mol. The van der Waals surface area contributed by atoms with Crippen molar-refractivity contribution in [3.8, 4) is 11.4 Å². The van der Waals surface area contributed by atoms with Gasteiger partial charge in [0.2, 0.25) is 5.82 Å². The summed E-state index contributed by atoms with van der Waals surface area (Å²) in [7, 11) is 1.24. The van der Waals surface area contributed by atoms with E-state index in [0.29, 0.717) is 17.5 Å². The number of hydrogen-bond donors (Lipinski definition) is 1. The highest BCUT2D eigenvalue weighted by molar-refractivity contribution is 5.97. The number of aromatic nitrogens is 2. The van der Waals surface area contributed by atoms with Crippen LogP contribution in [0.15, 0.2) is 28.8 Å². The van der Waals surface area contributed by atoms with Crippen LogP contribution >= 0.6 is 0 Å². The fraction of sp³-hybridized carbons (Fsp3) is 0.333. The SMILES string of the molecule is CCC(NC(=O)c1ccc(-c2noc(C(F)F)n2)cc1)C(=O)OC. The van der Waals surface area contributed by atoms with Gasteiger partial charge in [-0.25, -0.2) is 4.79 Å². The lowest BCUT2D eigenvalue weighted by Gasteiger charge is -2.14. The Balaban J connectivity index is 2.10. The summed E-state index contributed by atoms with van der Waals surface area (Å²) in [6, 6.07) is 5.18. The molecule has 0 aliphatic carbocycles. The Kier molecular flexibility index (Phi) is 5.56. The summed E-state index contributed by atoms with van der Waals surface area (Å²) in [6.45, 7) is 1.74. The number of nitrogens with zero attached hydrogens (tertiary/aromatic N) is 2. The molecule has 1 unspecified atom stereocenters. The first-order valence-corrected chi connectivity index (χ1v) is 7.07. The highest BCUT2D eigenvalue weighted by atomic mass is 19.3. The second kappa shape index (κ2) is 7.62. The van der Waals surface area contributed by atoms with Gasteiger partial charge < -0.3 is 14.6 Å². The number of carbonyl (C=O) groups is 2. The molecule has 1 aromatic carbocycles. The first-order chi connectivity index (χ1) is 11.5. The van der Waals surface area contributed by atoms with E-state index >= 15 is 0 Å². The van der Waals surface area contributed by atoms with Crippen molar-refractivity contribution >= 4 is 11.9 Å². The molecule has 0 fully saturated rings. The first kappa shape index (κ1) is 17.5. The summed E-state index contributed by atoms with van der Waals surface area (Å²) in [4.78, 5) is 27.1. The second-order valence-corrected chi connectivity index (χ2v) is 4.79. The number of hydrogen-bond acceptors (Lipinski definition) is 6. The molecule has 1 heterocycles. The number of amides is 1. The maximum atomic E-state index is 12.4. The van der Waals surface area contributed by atoms with Crippen LogP contribution in [0, 0.1) is 0 Å². The maximum Gasteiger partial charge on any atom is 0.328 e. The summed E-state index contributed by atoms with van der Waals surface area (Å²) in [6.07, 6.45) is -2.46. The number of ether oxygens (including phenoxy) is 1. The van der Waals surface area contributed by atoms with Crippen LogP contribution in [0.2, 0.25) is 0 Å². The van der Waals surface area contributed by atoms with E-state index in [4.69, 9.17) is 0 Å². The van der Waals surface area contributed by atoms with Gasteiger partial charge in [0.25, 0.3) is 11.8 Å². The van der Waals surface area contributed by atoms with Gasteiger partial charge in [-0.05, 0) is 18.6 Å². The van der Waals surface area contributed by atoms with Crippen molar-refractivity contribution in [2.24, 2.45) is 0 Å². The molecule has 2 rings (SSSR count). The Morgan fingerprint density at radius 1 is 1.29 bits per heavy atom. The molecule has 0 bridgehead atoms. The number of nitrogens with one attached hydrogen (secondary N) is 1. The summed E-state index contributed by atoms with van der Waals surface area (Å²) in [5.74, 6) is -1.76. The zero-order chi connectivity index (χ0) is 17.7. The fourth-order valence-corrected chi connectivity index (χ4v) is 1.92. The van der Waals surface area contributed by atoms with Crippen molar-refractivity contribution in [2.45, 2.75) is 25.8 Å². The Bertz CT molecular complexity index is 716. The molecule has 0 aliphatic heterocycles. The lowest BCUT2D eigenvalue weighted by atomic mass is 10.1. The lowest BCUT2D eigenvalue weighted by Crippen LogP contribution is -2.40. The molecular weight excluding hydrogens is 324 g/mol. The van der Waals surface area contributed by atoms with E-state index in [1.165, 1.54) is 31.4 Å². The predicted octanol–water partition coefficient (Wildman–Crippen LogP) is 2.36. The van der Waals surface area contributed by atoms with Crippen molar-refractivity contribution < 1.29 is 27.6 Å². The minimum absolute atomic E-state index is 0.00162. The molecule has 9 heteroatoms. The lowest BCUT2D eigenvalue weighted by molar-refractivity contribution is -0.142. The molecular formula is C15H15F2N3O4. The maximum absolute atomic E-state index is 12.4. The molecule has 1 atom stereocenters. The number of carbonyl (C=O) groups excluding carboxylic acids is 2. The number of methoxy groups -OCH3 is 1. The average molecular weight is 339 g/mol. The van der Waals surface area contributed by atoms with E-state index in [1.807, 2.05) is 0 Å². The number of benzene rings is 1. The van der Waals surface area contributed by atoms with Crippen molar-refractivity contribution in [1.29, 1.82) is 0 Å². The van der Waals surface area contributed by atoms with Crippen LogP contribution in [-0.2, 0) is 9.53 Å². The van der Waals surface area contributed by atoms with E-state index in [2.05, 4.69) is 24.7 Å². The van der Waals surface area contributed by atoms with E-state index in [1.54, 1.807) is 6.92 Å². The minimum Gasteiger partial charge on any atom is -0.467 e. The van der Waals surface area contributed by atoms with Gasteiger partial charge >= 0.3 is 12.4 Å². The highest BCUT2D eigenvalue weighted by Crippen LogP contribution is 2.21. The van der Waals surface area contributed by atoms with E-state index in [-0.39, 0.29) is 5.82 Å². The summed E-state index contributed by atoms with van der Waals surface area (Å²) in [5, 5.41) is 6.00. The van der Waals surface area contributed by atoms with Gasteiger partial charge in [-0.15, -0.1) is 0 Å². The van der Waals surface area contributed by atoms with Gasteiger partial charge in [0.15, 0.2) is 0 Å². The molecule has 0 radical (unpaired) electrons. The third-order valence-electron chi connectivity index (χ3n) is 3.23. The fourth-order valence-electron chi connectivity index (χ4n) is 1.92. The molecule has 0 saturated carbocycles. The predicted molar refractivity (Wildman–Crippen MR) is 78.3 cm³/mol. The molecule has 0 aliphatic rings. The Hall–Kier alpha value is -2.84. The first-order valence-electron chi connectivity index (χ1n) is 7.07. The largest absolute Gasteiger partial charge is 0.467 e. The summed E-state index contributed by atoms with van der Waals surface area (Å²) >= 11 is 0. The van der Waals surface area contributed by atoms with Crippen LogP contribution in [0.1, 0.15) is 36.0 Å². The number of alkyl halides is 2. The summed E-state index contributed by atoms with van der Waals surface area (Å²) in [5.41, 5.74) is 0.709. The van der Waals surface area contributed by atoms with Gasteiger partial charge in [-0.2, -0.15) is 13.8 Å². The van der Waals surface area contributed by atoms with Crippen LogP contribution in [0.3, 0.4) is 0 Å².